The zero-order chi connectivity index (χ0) is 10.7. The minimum Gasteiger partial charge on any atom is -0.349 e. The van der Waals surface area contributed by atoms with Crippen molar-refractivity contribution in [1.82, 2.24) is 9.36 Å². The first kappa shape index (κ1) is 11.9. The molecule has 0 N–H and O–H groups in total. The van der Waals surface area contributed by atoms with Crippen molar-refractivity contribution in [1.29, 1.82) is 0 Å². The van der Waals surface area contributed by atoms with Gasteiger partial charge in [-0.3, -0.25) is 0 Å². The molecular formula is C9H16BrN3S. The Morgan fingerprint density at radius 2 is 2.07 bits per heavy atom. The highest BCUT2D eigenvalue weighted by Gasteiger charge is 2.11. The van der Waals surface area contributed by atoms with Gasteiger partial charge in [0.05, 0.1) is 0 Å². The Hall–Kier alpha value is -0.160. The van der Waals surface area contributed by atoms with Crippen LogP contribution in [0.4, 0.5) is 5.13 Å². The van der Waals surface area contributed by atoms with Gasteiger partial charge in [0.15, 0.2) is 0 Å². The molecule has 1 unspecified atom stereocenters. The van der Waals surface area contributed by atoms with Crippen LogP contribution in [0.1, 0.15) is 32.5 Å². The fraction of sp³-hybridized carbons (Fsp3) is 0.778. The normalized spacial score (nSPS) is 13.3. The topological polar surface area (TPSA) is 29.0 Å². The van der Waals surface area contributed by atoms with Crippen molar-refractivity contribution in [3.63, 3.8) is 0 Å². The Bertz CT molecular complexity index is 285. The summed E-state index contributed by atoms with van der Waals surface area (Å²) in [4.78, 5) is 7.07. The van der Waals surface area contributed by atoms with E-state index in [1.54, 1.807) is 0 Å². The van der Waals surface area contributed by atoms with E-state index in [0.717, 1.165) is 17.5 Å². The molecule has 0 aliphatic rings. The van der Waals surface area contributed by atoms with E-state index < -0.39 is 0 Å². The molecule has 0 aliphatic carbocycles. The molecule has 1 aromatic heterocycles. The summed E-state index contributed by atoms with van der Waals surface area (Å²) >= 11 is 4.99. The SMILES string of the molecule is CC(Br)CN(C)c1nc(C(C)C)ns1. The number of hydrogen-bond donors (Lipinski definition) is 0. The van der Waals surface area contributed by atoms with Crippen molar-refractivity contribution in [3.05, 3.63) is 5.82 Å². The maximum Gasteiger partial charge on any atom is 0.204 e. The van der Waals surface area contributed by atoms with E-state index in [0.29, 0.717) is 10.7 Å². The highest BCUT2D eigenvalue weighted by Crippen LogP contribution is 2.20. The van der Waals surface area contributed by atoms with Crippen LogP contribution in [-0.2, 0) is 0 Å². The minimum atomic E-state index is 0.412. The Balaban J connectivity index is 2.66. The number of alkyl halides is 1. The smallest absolute Gasteiger partial charge is 0.204 e. The maximum atomic E-state index is 4.48. The molecule has 0 radical (unpaired) electrons. The van der Waals surface area contributed by atoms with Crippen LogP contribution < -0.4 is 4.90 Å². The van der Waals surface area contributed by atoms with Crippen LogP contribution in [0, 0.1) is 0 Å². The summed E-state index contributed by atoms with van der Waals surface area (Å²) in [5.74, 6) is 1.36. The van der Waals surface area contributed by atoms with E-state index in [1.807, 2.05) is 7.05 Å². The molecule has 1 atom stereocenters. The lowest BCUT2D eigenvalue weighted by Crippen LogP contribution is -2.23. The Kier molecular flexibility index (Phi) is 4.31. The lowest BCUT2D eigenvalue weighted by molar-refractivity contribution is 0.790. The second-order valence-electron chi connectivity index (χ2n) is 3.75. The third kappa shape index (κ3) is 3.20. The highest BCUT2D eigenvalue weighted by atomic mass is 79.9. The third-order valence-electron chi connectivity index (χ3n) is 1.80. The molecule has 1 rings (SSSR count). The number of halogens is 1. The fourth-order valence-corrected chi connectivity index (χ4v) is 2.28. The molecule has 0 bridgehead atoms. The van der Waals surface area contributed by atoms with Crippen molar-refractivity contribution in [2.75, 3.05) is 18.5 Å². The summed E-state index contributed by atoms with van der Waals surface area (Å²) in [6.45, 7) is 7.30. The number of rotatable bonds is 4. The van der Waals surface area contributed by atoms with E-state index in [-0.39, 0.29) is 0 Å². The summed E-state index contributed by atoms with van der Waals surface area (Å²) in [7, 11) is 2.04. The van der Waals surface area contributed by atoms with Crippen molar-refractivity contribution >= 4 is 32.6 Å². The lowest BCUT2D eigenvalue weighted by Gasteiger charge is -2.16. The van der Waals surface area contributed by atoms with Crippen LogP contribution in [0.2, 0.25) is 0 Å². The Labute approximate surface area is 97.8 Å². The predicted octanol–water partition coefficient (Wildman–Crippen LogP) is 2.88. The number of hydrogen-bond acceptors (Lipinski definition) is 4. The minimum absolute atomic E-state index is 0.412. The molecule has 1 heterocycles. The molecule has 0 aliphatic heterocycles. The monoisotopic (exact) mass is 277 g/mol. The van der Waals surface area contributed by atoms with E-state index in [9.17, 15) is 0 Å². The Morgan fingerprint density at radius 3 is 2.50 bits per heavy atom. The molecular weight excluding hydrogens is 262 g/mol. The van der Waals surface area contributed by atoms with E-state index in [1.165, 1.54) is 11.5 Å². The largest absolute Gasteiger partial charge is 0.349 e. The quantitative estimate of drug-likeness (QED) is 0.793. The average Bonchev–Trinajstić information content (AvgIpc) is 2.50. The van der Waals surface area contributed by atoms with Gasteiger partial charge in [-0.15, -0.1) is 0 Å². The molecule has 0 saturated carbocycles. The van der Waals surface area contributed by atoms with E-state index >= 15 is 0 Å². The first-order valence-corrected chi connectivity index (χ1v) is 6.38. The van der Waals surface area contributed by atoms with Crippen LogP contribution in [0.3, 0.4) is 0 Å². The number of anilines is 1. The van der Waals surface area contributed by atoms with Crippen LogP contribution in [0.15, 0.2) is 0 Å². The van der Waals surface area contributed by atoms with Crippen LogP contribution in [0.5, 0.6) is 0 Å². The number of nitrogens with zero attached hydrogens (tertiary/aromatic N) is 3. The van der Waals surface area contributed by atoms with Gasteiger partial charge in [0, 0.05) is 35.9 Å². The van der Waals surface area contributed by atoms with Gasteiger partial charge in [-0.2, -0.15) is 4.37 Å². The fourth-order valence-electron chi connectivity index (χ4n) is 1.07. The van der Waals surface area contributed by atoms with Crippen molar-refractivity contribution in [2.45, 2.75) is 31.5 Å². The van der Waals surface area contributed by atoms with Gasteiger partial charge in [-0.05, 0) is 0 Å². The zero-order valence-corrected chi connectivity index (χ0v) is 11.4. The molecule has 1 aromatic rings. The molecule has 0 amide bonds. The van der Waals surface area contributed by atoms with Crippen LogP contribution >= 0.6 is 27.5 Å². The van der Waals surface area contributed by atoms with E-state index in [4.69, 9.17) is 0 Å². The van der Waals surface area contributed by atoms with Gasteiger partial charge in [-0.1, -0.05) is 36.7 Å². The average molecular weight is 278 g/mol. The summed E-state index contributed by atoms with van der Waals surface area (Å²) in [5, 5.41) is 1.00. The molecule has 80 valence electrons. The maximum absolute atomic E-state index is 4.48. The zero-order valence-electron chi connectivity index (χ0n) is 8.99. The molecule has 0 fully saturated rings. The summed E-state index contributed by atoms with van der Waals surface area (Å²) in [6.07, 6.45) is 0. The highest BCUT2D eigenvalue weighted by molar-refractivity contribution is 9.09. The number of aromatic nitrogens is 2. The van der Waals surface area contributed by atoms with Gasteiger partial charge >= 0.3 is 0 Å². The first-order valence-electron chi connectivity index (χ1n) is 4.69. The molecule has 0 spiro atoms. The Morgan fingerprint density at radius 1 is 1.43 bits per heavy atom. The molecule has 14 heavy (non-hydrogen) atoms. The predicted molar refractivity (Wildman–Crippen MR) is 65.7 cm³/mol. The third-order valence-corrected chi connectivity index (χ3v) is 2.93. The summed E-state index contributed by atoms with van der Waals surface area (Å²) in [5.41, 5.74) is 0. The van der Waals surface area contributed by atoms with Crippen LogP contribution in [0.25, 0.3) is 0 Å². The van der Waals surface area contributed by atoms with Crippen molar-refractivity contribution in [2.24, 2.45) is 0 Å². The first-order chi connectivity index (χ1) is 6.50. The van der Waals surface area contributed by atoms with Gasteiger partial charge in [0.1, 0.15) is 5.82 Å². The molecule has 0 saturated heterocycles. The van der Waals surface area contributed by atoms with E-state index in [2.05, 4.69) is 51.0 Å². The van der Waals surface area contributed by atoms with Gasteiger partial charge in [0.25, 0.3) is 0 Å². The summed E-state index contributed by atoms with van der Waals surface area (Å²) in [6, 6.07) is 0. The van der Waals surface area contributed by atoms with Crippen LogP contribution in [-0.4, -0.2) is 27.8 Å². The van der Waals surface area contributed by atoms with Gasteiger partial charge < -0.3 is 4.90 Å². The second-order valence-corrected chi connectivity index (χ2v) is 6.04. The van der Waals surface area contributed by atoms with Crippen molar-refractivity contribution < 1.29 is 0 Å². The van der Waals surface area contributed by atoms with Gasteiger partial charge in [-0.25, -0.2) is 4.98 Å². The second kappa shape index (κ2) is 5.07. The molecule has 0 aromatic carbocycles. The molecule has 3 nitrogen and oxygen atoms in total. The van der Waals surface area contributed by atoms with Gasteiger partial charge in [0.2, 0.25) is 5.13 Å². The standard InChI is InChI=1S/C9H16BrN3S/c1-6(2)8-11-9(14-12-8)13(4)5-7(3)10/h6-7H,5H2,1-4H3. The molecule has 5 heteroatoms. The van der Waals surface area contributed by atoms with Crippen molar-refractivity contribution in [3.8, 4) is 0 Å². The summed E-state index contributed by atoms with van der Waals surface area (Å²) < 4.78 is 4.32. The lowest BCUT2D eigenvalue weighted by atomic mass is 10.2.